The summed E-state index contributed by atoms with van der Waals surface area (Å²) in [5, 5.41) is 8.87. The van der Waals surface area contributed by atoms with Crippen molar-refractivity contribution in [3.63, 3.8) is 0 Å². The Labute approximate surface area is 151 Å². The van der Waals surface area contributed by atoms with E-state index in [0.29, 0.717) is 23.0 Å². The molecule has 9 heteroatoms. The number of nitrogen functional groups attached to an aromatic ring is 1. The van der Waals surface area contributed by atoms with Gasteiger partial charge in [-0.2, -0.15) is 18.3 Å². The van der Waals surface area contributed by atoms with Crippen LogP contribution in [0.15, 0.2) is 48.7 Å². The van der Waals surface area contributed by atoms with Crippen LogP contribution in [0.25, 0.3) is 11.3 Å². The van der Waals surface area contributed by atoms with Crippen LogP contribution in [-0.4, -0.2) is 16.1 Å². The summed E-state index contributed by atoms with van der Waals surface area (Å²) in [4.78, 5) is 12.1. The van der Waals surface area contributed by atoms with Gasteiger partial charge in [0.05, 0.1) is 28.7 Å². The third-order valence-electron chi connectivity index (χ3n) is 3.91. The summed E-state index contributed by atoms with van der Waals surface area (Å²) in [5.41, 5.74) is 5.90. The molecule has 1 aromatic heterocycles. The molecule has 1 heterocycles. The Bertz CT molecular complexity index is 964. The normalized spacial score (nSPS) is 11.4. The highest BCUT2D eigenvalue weighted by molar-refractivity contribution is 5.96. The number of hydrogen-bond acceptors (Lipinski definition) is 3. The number of amides is 1. The molecular weight excluding hydrogens is 364 g/mol. The Hall–Kier alpha value is -3.36. The van der Waals surface area contributed by atoms with E-state index in [-0.39, 0.29) is 6.54 Å². The van der Waals surface area contributed by atoms with E-state index < -0.39 is 29.0 Å². The van der Waals surface area contributed by atoms with Crippen LogP contribution in [0.4, 0.5) is 23.2 Å². The maximum atomic E-state index is 13.8. The summed E-state index contributed by atoms with van der Waals surface area (Å²) < 4.78 is 52.8. The van der Waals surface area contributed by atoms with Crippen molar-refractivity contribution in [2.75, 3.05) is 5.73 Å². The second kappa shape index (κ2) is 7.10. The summed E-state index contributed by atoms with van der Waals surface area (Å²) in [6.07, 6.45) is -3.36. The summed E-state index contributed by atoms with van der Waals surface area (Å²) in [7, 11) is 0. The average molecular weight is 378 g/mol. The van der Waals surface area contributed by atoms with Crippen LogP contribution in [-0.2, 0) is 12.7 Å². The lowest BCUT2D eigenvalue weighted by atomic mass is 10.0. The summed E-state index contributed by atoms with van der Waals surface area (Å²) in [6, 6.07) is 9.17. The molecule has 0 aliphatic rings. The standard InChI is InChI=1S/C18H14F4N4O/c19-13-3-1-2-12(18(20,21)22)15(13)17(27)24-8-10-4-6-11(7-5-10)16-14(23)9-25-26-16/h1-7,9H,8,23H2,(H,24,27)(H,25,26). The van der Waals surface area contributed by atoms with Gasteiger partial charge >= 0.3 is 6.18 Å². The molecule has 0 saturated carbocycles. The fourth-order valence-electron chi connectivity index (χ4n) is 2.58. The van der Waals surface area contributed by atoms with E-state index in [0.717, 1.165) is 17.7 Å². The van der Waals surface area contributed by atoms with E-state index >= 15 is 0 Å². The van der Waals surface area contributed by atoms with Gasteiger partial charge in [0.1, 0.15) is 5.82 Å². The summed E-state index contributed by atoms with van der Waals surface area (Å²) in [5.74, 6) is -2.37. The smallest absolute Gasteiger partial charge is 0.396 e. The molecule has 0 fully saturated rings. The van der Waals surface area contributed by atoms with Crippen molar-refractivity contribution < 1.29 is 22.4 Å². The molecule has 2 aromatic carbocycles. The first kappa shape index (κ1) is 18.4. The van der Waals surface area contributed by atoms with Crippen molar-refractivity contribution in [2.24, 2.45) is 0 Å². The predicted octanol–water partition coefficient (Wildman–Crippen LogP) is 3.75. The lowest BCUT2D eigenvalue weighted by molar-refractivity contribution is -0.138. The van der Waals surface area contributed by atoms with Crippen LogP contribution in [0, 0.1) is 5.82 Å². The van der Waals surface area contributed by atoms with Gasteiger partial charge in [0.15, 0.2) is 0 Å². The van der Waals surface area contributed by atoms with Crippen molar-refractivity contribution in [2.45, 2.75) is 12.7 Å². The van der Waals surface area contributed by atoms with Crippen molar-refractivity contribution in [1.29, 1.82) is 0 Å². The highest BCUT2D eigenvalue weighted by Gasteiger charge is 2.36. The number of rotatable bonds is 4. The molecule has 3 rings (SSSR count). The largest absolute Gasteiger partial charge is 0.417 e. The van der Waals surface area contributed by atoms with Gasteiger partial charge in [0, 0.05) is 12.1 Å². The van der Waals surface area contributed by atoms with E-state index in [9.17, 15) is 22.4 Å². The fraction of sp³-hybridized carbons (Fsp3) is 0.111. The molecule has 4 N–H and O–H groups in total. The Morgan fingerprint density at radius 3 is 2.44 bits per heavy atom. The number of nitrogens with zero attached hydrogens (tertiary/aromatic N) is 1. The number of alkyl halides is 3. The number of carbonyl (C=O) groups excluding carboxylic acids is 1. The zero-order valence-corrected chi connectivity index (χ0v) is 13.8. The molecule has 0 unspecified atom stereocenters. The van der Waals surface area contributed by atoms with Gasteiger partial charge in [-0.15, -0.1) is 0 Å². The lowest BCUT2D eigenvalue weighted by Gasteiger charge is -2.13. The quantitative estimate of drug-likeness (QED) is 0.605. The molecule has 27 heavy (non-hydrogen) atoms. The molecule has 0 saturated heterocycles. The predicted molar refractivity (Wildman–Crippen MR) is 91.0 cm³/mol. The van der Waals surface area contributed by atoms with Gasteiger partial charge in [0.2, 0.25) is 0 Å². The van der Waals surface area contributed by atoms with Gasteiger partial charge < -0.3 is 11.1 Å². The zero-order valence-electron chi connectivity index (χ0n) is 13.8. The third-order valence-corrected chi connectivity index (χ3v) is 3.91. The van der Waals surface area contributed by atoms with Gasteiger partial charge in [0.25, 0.3) is 5.91 Å². The maximum Gasteiger partial charge on any atom is 0.417 e. The molecule has 1 amide bonds. The SMILES string of the molecule is Nc1cn[nH]c1-c1ccc(CNC(=O)c2c(F)cccc2C(F)(F)F)cc1. The second-order valence-electron chi connectivity index (χ2n) is 5.74. The molecule has 0 aliphatic heterocycles. The first-order chi connectivity index (χ1) is 12.8. The molecule has 0 bridgehead atoms. The first-order valence-corrected chi connectivity index (χ1v) is 7.79. The van der Waals surface area contributed by atoms with Crippen LogP contribution in [0.5, 0.6) is 0 Å². The van der Waals surface area contributed by atoms with Crippen LogP contribution in [0.2, 0.25) is 0 Å². The molecule has 0 radical (unpaired) electrons. The third kappa shape index (κ3) is 3.91. The zero-order chi connectivity index (χ0) is 19.6. The van der Waals surface area contributed by atoms with E-state index in [1.54, 1.807) is 24.3 Å². The summed E-state index contributed by atoms with van der Waals surface area (Å²) >= 11 is 0. The van der Waals surface area contributed by atoms with Crippen LogP contribution in [0.3, 0.4) is 0 Å². The Kier molecular flexibility index (Phi) is 4.85. The van der Waals surface area contributed by atoms with Crippen molar-refractivity contribution in [3.05, 3.63) is 71.2 Å². The number of aromatic nitrogens is 2. The first-order valence-electron chi connectivity index (χ1n) is 7.79. The number of aromatic amines is 1. The number of halogens is 4. The molecule has 0 atom stereocenters. The highest BCUT2D eigenvalue weighted by atomic mass is 19.4. The molecule has 3 aromatic rings. The van der Waals surface area contributed by atoms with Gasteiger partial charge in [-0.25, -0.2) is 4.39 Å². The van der Waals surface area contributed by atoms with Crippen LogP contribution < -0.4 is 11.1 Å². The molecular formula is C18H14F4N4O. The van der Waals surface area contributed by atoms with Crippen molar-refractivity contribution in [3.8, 4) is 11.3 Å². The second-order valence-corrected chi connectivity index (χ2v) is 5.74. The fourth-order valence-corrected chi connectivity index (χ4v) is 2.58. The summed E-state index contributed by atoms with van der Waals surface area (Å²) in [6.45, 7) is -0.0663. The number of benzene rings is 2. The molecule has 0 aliphatic carbocycles. The highest BCUT2D eigenvalue weighted by Crippen LogP contribution is 2.33. The number of nitrogens with one attached hydrogen (secondary N) is 2. The Morgan fingerprint density at radius 2 is 1.85 bits per heavy atom. The number of hydrogen-bond donors (Lipinski definition) is 3. The number of nitrogens with two attached hydrogens (primary N) is 1. The van der Waals surface area contributed by atoms with E-state index in [4.69, 9.17) is 5.73 Å². The minimum atomic E-state index is -4.83. The van der Waals surface area contributed by atoms with Gasteiger partial charge in [-0.3, -0.25) is 9.89 Å². The molecule has 5 nitrogen and oxygen atoms in total. The molecule has 0 spiro atoms. The van der Waals surface area contributed by atoms with Crippen molar-refractivity contribution in [1.82, 2.24) is 15.5 Å². The van der Waals surface area contributed by atoms with E-state index in [2.05, 4.69) is 15.5 Å². The number of H-pyrrole nitrogens is 1. The van der Waals surface area contributed by atoms with Crippen molar-refractivity contribution >= 4 is 11.6 Å². The van der Waals surface area contributed by atoms with Crippen LogP contribution in [0.1, 0.15) is 21.5 Å². The topological polar surface area (TPSA) is 83.8 Å². The average Bonchev–Trinajstić information content (AvgIpc) is 3.05. The van der Waals surface area contributed by atoms with E-state index in [1.807, 2.05) is 0 Å². The monoisotopic (exact) mass is 378 g/mol. The van der Waals surface area contributed by atoms with Crippen LogP contribution >= 0.6 is 0 Å². The maximum absolute atomic E-state index is 13.8. The number of anilines is 1. The minimum Gasteiger partial charge on any atom is -0.396 e. The van der Waals surface area contributed by atoms with Gasteiger partial charge in [-0.05, 0) is 17.7 Å². The lowest BCUT2D eigenvalue weighted by Crippen LogP contribution is -2.27. The van der Waals surface area contributed by atoms with E-state index in [1.165, 1.54) is 6.20 Å². The Morgan fingerprint density at radius 1 is 1.15 bits per heavy atom. The Balaban J connectivity index is 1.74. The van der Waals surface area contributed by atoms with Gasteiger partial charge in [-0.1, -0.05) is 30.3 Å². The number of carbonyl (C=O) groups is 1. The molecule has 140 valence electrons. The minimum absolute atomic E-state index is 0.0663.